The summed E-state index contributed by atoms with van der Waals surface area (Å²) in [6, 6.07) is 3.36. The minimum absolute atomic E-state index is 0.00292. The summed E-state index contributed by atoms with van der Waals surface area (Å²) in [6.07, 6.45) is 1.81. The summed E-state index contributed by atoms with van der Waals surface area (Å²) in [4.78, 5) is -0.0472. The van der Waals surface area contributed by atoms with Gasteiger partial charge in [0.15, 0.2) is 9.84 Å². The minimum atomic E-state index is -3.41. The molecule has 0 aliphatic heterocycles. The first-order chi connectivity index (χ1) is 6.95. The topological polar surface area (TPSA) is 60.2 Å². The minimum Gasteiger partial charge on any atom is -0.399 e. The van der Waals surface area contributed by atoms with Crippen LogP contribution in [0.2, 0.25) is 0 Å². The first-order valence-electron chi connectivity index (χ1n) is 4.23. The van der Waals surface area contributed by atoms with E-state index in [1.807, 2.05) is 6.26 Å². The summed E-state index contributed by atoms with van der Waals surface area (Å²) < 4.78 is 36.3. The summed E-state index contributed by atoms with van der Waals surface area (Å²) in [5, 5.41) is 0. The lowest BCUT2D eigenvalue weighted by Crippen LogP contribution is -2.09. The zero-order valence-electron chi connectivity index (χ0n) is 8.23. The van der Waals surface area contributed by atoms with Crippen LogP contribution in [0, 0.1) is 5.82 Å². The van der Waals surface area contributed by atoms with Gasteiger partial charge in [0, 0.05) is 11.4 Å². The molecule has 6 heteroatoms. The van der Waals surface area contributed by atoms with Crippen molar-refractivity contribution in [3.05, 3.63) is 24.0 Å². The van der Waals surface area contributed by atoms with Gasteiger partial charge in [-0.3, -0.25) is 0 Å². The number of thioether (sulfide) groups is 1. The Hall–Kier alpha value is -0.750. The predicted molar refractivity (Wildman–Crippen MR) is 61.2 cm³/mol. The third-order valence-corrected chi connectivity index (χ3v) is 4.38. The molecule has 0 spiro atoms. The number of halogens is 1. The summed E-state index contributed by atoms with van der Waals surface area (Å²) in [5.74, 6) is -0.145. The number of sulfone groups is 1. The molecule has 0 unspecified atom stereocenters. The molecule has 15 heavy (non-hydrogen) atoms. The molecule has 0 heterocycles. The van der Waals surface area contributed by atoms with E-state index in [0.29, 0.717) is 5.75 Å². The quantitative estimate of drug-likeness (QED) is 0.822. The normalized spacial score (nSPS) is 11.6. The molecular weight excluding hydrogens is 237 g/mol. The fourth-order valence-electron chi connectivity index (χ4n) is 1.07. The predicted octanol–water partition coefficient (Wildman–Crippen LogP) is 1.54. The Morgan fingerprint density at radius 1 is 1.40 bits per heavy atom. The molecule has 0 atom stereocenters. The van der Waals surface area contributed by atoms with E-state index in [1.165, 1.54) is 17.8 Å². The molecule has 2 N–H and O–H groups in total. The number of anilines is 1. The van der Waals surface area contributed by atoms with E-state index in [9.17, 15) is 12.8 Å². The molecule has 0 radical (unpaired) electrons. The molecular formula is C9H12FNO2S2. The summed E-state index contributed by atoms with van der Waals surface area (Å²) in [5.41, 5.74) is 5.50. The molecule has 3 nitrogen and oxygen atoms in total. The van der Waals surface area contributed by atoms with E-state index < -0.39 is 15.7 Å². The van der Waals surface area contributed by atoms with Gasteiger partial charge in [-0.1, -0.05) is 0 Å². The van der Waals surface area contributed by atoms with Crippen LogP contribution in [0.25, 0.3) is 0 Å². The van der Waals surface area contributed by atoms with E-state index >= 15 is 0 Å². The maximum Gasteiger partial charge on any atom is 0.179 e. The van der Waals surface area contributed by atoms with Gasteiger partial charge in [0.2, 0.25) is 0 Å². The van der Waals surface area contributed by atoms with Crippen LogP contribution in [0.1, 0.15) is 0 Å². The summed E-state index contributed by atoms with van der Waals surface area (Å²) >= 11 is 1.43. The van der Waals surface area contributed by atoms with Gasteiger partial charge in [-0.15, -0.1) is 0 Å². The monoisotopic (exact) mass is 249 g/mol. The molecule has 0 amide bonds. The van der Waals surface area contributed by atoms with Gasteiger partial charge in [0.05, 0.1) is 10.6 Å². The van der Waals surface area contributed by atoms with E-state index in [1.54, 1.807) is 0 Å². The number of nitrogen functional groups attached to an aromatic ring is 1. The average Bonchev–Trinajstić information content (AvgIpc) is 2.13. The van der Waals surface area contributed by atoms with E-state index in [0.717, 1.165) is 12.1 Å². The van der Waals surface area contributed by atoms with Crippen molar-refractivity contribution in [2.24, 2.45) is 0 Å². The highest BCUT2D eigenvalue weighted by molar-refractivity contribution is 8.00. The number of hydrogen-bond donors (Lipinski definition) is 1. The smallest absolute Gasteiger partial charge is 0.179 e. The Bertz CT molecular complexity index is 425. The van der Waals surface area contributed by atoms with Crippen LogP contribution in [0.5, 0.6) is 0 Å². The van der Waals surface area contributed by atoms with Gasteiger partial charge in [-0.2, -0.15) is 11.8 Å². The second-order valence-corrected chi connectivity index (χ2v) is 6.13. The fourth-order valence-corrected chi connectivity index (χ4v) is 3.46. The Morgan fingerprint density at radius 3 is 2.60 bits per heavy atom. The molecule has 0 bridgehead atoms. The zero-order valence-corrected chi connectivity index (χ0v) is 9.87. The molecule has 0 fully saturated rings. The van der Waals surface area contributed by atoms with Crippen molar-refractivity contribution in [3.8, 4) is 0 Å². The third-order valence-electron chi connectivity index (χ3n) is 1.81. The number of rotatable bonds is 4. The van der Waals surface area contributed by atoms with E-state index in [2.05, 4.69) is 0 Å². The molecule has 1 aromatic carbocycles. The lowest BCUT2D eigenvalue weighted by molar-refractivity contribution is 0.592. The summed E-state index contributed by atoms with van der Waals surface area (Å²) in [7, 11) is -3.41. The Labute approximate surface area is 92.8 Å². The fraction of sp³-hybridized carbons (Fsp3) is 0.333. The van der Waals surface area contributed by atoms with Gasteiger partial charge in [-0.05, 0) is 24.5 Å². The lowest BCUT2D eigenvalue weighted by Gasteiger charge is -2.04. The molecule has 0 saturated heterocycles. The van der Waals surface area contributed by atoms with Crippen LogP contribution in [0.15, 0.2) is 23.1 Å². The van der Waals surface area contributed by atoms with Crippen molar-refractivity contribution in [2.75, 3.05) is 23.5 Å². The Balaban J connectivity index is 3.04. The van der Waals surface area contributed by atoms with Crippen molar-refractivity contribution in [1.82, 2.24) is 0 Å². The lowest BCUT2D eigenvalue weighted by atomic mass is 10.3. The molecule has 0 aliphatic rings. The SMILES string of the molecule is CSCCS(=O)(=O)c1cc(N)cc(F)c1. The second kappa shape index (κ2) is 4.85. The maximum absolute atomic E-state index is 12.9. The van der Waals surface area contributed by atoms with Crippen LogP contribution in [-0.2, 0) is 9.84 Å². The van der Waals surface area contributed by atoms with Crippen molar-refractivity contribution in [1.29, 1.82) is 0 Å². The van der Waals surface area contributed by atoms with Crippen molar-refractivity contribution >= 4 is 27.3 Å². The van der Waals surface area contributed by atoms with Crippen molar-refractivity contribution in [2.45, 2.75) is 4.90 Å². The zero-order chi connectivity index (χ0) is 11.5. The van der Waals surface area contributed by atoms with Gasteiger partial charge in [-0.25, -0.2) is 12.8 Å². The Morgan fingerprint density at radius 2 is 2.07 bits per heavy atom. The van der Waals surface area contributed by atoms with Gasteiger partial charge in [0.1, 0.15) is 5.82 Å². The summed E-state index contributed by atoms with van der Waals surface area (Å²) in [6.45, 7) is 0. The molecule has 1 rings (SSSR count). The van der Waals surface area contributed by atoms with Gasteiger partial charge >= 0.3 is 0 Å². The van der Waals surface area contributed by atoms with Crippen LogP contribution >= 0.6 is 11.8 Å². The van der Waals surface area contributed by atoms with Crippen LogP contribution in [-0.4, -0.2) is 26.2 Å². The average molecular weight is 249 g/mol. The van der Waals surface area contributed by atoms with Gasteiger partial charge in [0.25, 0.3) is 0 Å². The maximum atomic E-state index is 12.9. The second-order valence-electron chi connectivity index (χ2n) is 3.03. The molecule has 0 aromatic heterocycles. The highest BCUT2D eigenvalue weighted by atomic mass is 32.2. The van der Waals surface area contributed by atoms with Crippen LogP contribution < -0.4 is 5.73 Å². The highest BCUT2D eigenvalue weighted by Crippen LogP contribution is 2.17. The first kappa shape index (κ1) is 12.3. The number of benzene rings is 1. The number of nitrogens with two attached hydrogens (primary N) is 1. The Kier molecular flexibility index (Phi) is 3.98. The highest BCUT2D eigenvalue weighted by Gasteiger charge is 2.15. The van der Waals surface area contributed by atoms with Crippen molar-refractivity contribution in [3.63, 3.8) is 0 Å². The van der Waals surface area contributed by atoms with E-state index in [-0.39, 0.29) is 16.3 Å². The van der Waals surface area contributed by atoms with Crippen LogP contribution in [0.3, 0.4) is 0 Å². The number of hydrogen-bond acceptors (Lipinski definition) is 4. The molecule has 0 aliphatic carbocycles. The van der Waals surface area contributed by atoms with Crippen molar-refractivity contribution < 1.29 is 12.8 Å². The molecule has 1 aromatic rings. The first-order valence-corrected chi connectivity index (χ1v) is 7.28. The van der Waals surface area contributed by atoms with Gasteiger partial charge < -0.3 is 5.73 Å². The van der Waals surface area contributed by atoms with E-state index in [4.69, 9.17) is 5.73 Å². The third kappa shape index (κ3) is 3.39. The largest absolute Gasteiger partial charge is 0.399 e. The molecule has 84 valence electrons. The van der Waals surface area contributed by atoms with Crippen LogP contribution in [0.4, 0.5) is 10.1 Å². The standard InChI is InChI=1S/C9H12FNO2S2/c1-14-2-3-15(12,13)9-5-7(10)4-8(11)6-9/h4-6H,2-3,11H2,1H3. The molecule has 0 saturated carbocycles.